The van der Waals surface area contributed by atoms with E-state index in [-0.39, 0.29) is 5.96 Å². The van der Waals surface area contributed by atoms with Crippen LogP contribution in [0.4, 0.5) is 9.59 Å². The van der Waals surface area contributed by atoms with E-state index in [2.05, 4.69) is 26.3 Å². The van der Waals surface area contributed by atoms with Crippen molar-refractivity contribution in [2.75, 3.05) is 39.3 Å². The van der Waals surface area contributed by atoms with Crippen LogP contribution < -0.4 is 27.0 Å². The molecule has 0 saturated carbocycles. The van der Waals surface area contributed by atoms with E-state index in [0.29, 0.717) is 6.54 Å². The molecule has 0 aromatic rings. The highest BCUT2D eigenvalue weighted by molar-refractivity contribution is 6.01. The number of guanidine groups is 1. The summed E-state index contributed by atoms with van der Waals surface area (Å²) in [5.41, 5.74) is 4.13. The molecule has 0 radical (unpaired) electrons. The zero-order chi connectivity index (χ0) is 23.8. The van der Waals surface area contributed by atoms with Gasteiger partial charge in [-0.1, -0.05) is 0 Å². The van der Waals surface area contributed by atoms with Crippen LogP contribution in [0.5, 0.6) is 0 Å². The molecule has 0 rings (SSSR count). The number of aliphatic imine (C=N–C) groups is 1. The molecule has 0 heterocycles. The van der Waals surface area contributed by atoms with Crippen molar-refractivity contribution in [1.29, 1.82) is 0 Å². The van der Waals surface area contributed by atoms with Gasteiger partial charge in [0.25, 0.3) is 0 Å². The maximum Gasteiger partial charge on any atom is 0.414 e. The van der Waals surface area contributed by atoms with Gasteiger partial charge >= 0.3 is 12.2 Å². The Morgan fingerprint density at radius 2 is 1.16 bits per heavy atom. The van der Waals surface area contributed by atoms with Crippen LogP contribution in [0.1, 0.15) is 67.2 Å². The Kier molecular flexibility index (Phi) is 14.9. The first-order valence-electron chi connectivity index (χ1n) is 11.1. The normalized spacial score (nSPS) is 11.6. The highest BCUT2D eigenvalue weighted by atomic mass is 16.6. The van der Waals surface area contributed by atoms with Crippen LogP contribution in [0.25, 0.3) is 0 Å². The molecule has 0 spiro atoms. The minimum atomic E-state index is -0.694. The molecule has 182 valence electrons. The van der Waals surface area contributed by atoms with E-state index in [1.165, 1.54) is 0 Å². The Bertz CT molecular complexity index is 509. The van der Waals surface area contributed by atoms with Crippen molar-refractivity contribution in [2.24, 2.45) is 10.7 Å². The SMILES string of the molecule is CC(C)(C)OC(=O)NC(=NCCCNCCCCNCCCN)NC(=O)OC(C)(C)C. The van der Waals surface area contributed by atoms with Crippen LogP contribution in [-0.4, -0.2) is 68.6 Å². The first-order chi connectivity index (χ1) is 14.4. The molecule has 0 aliphatic heterocycles. The lowest BCUT2D eigenvalue weighted by atomic mass is 10.2. The number of carbonyl (C=O) groups excluding carboxylic acids is 2. The number of nitrogens with two attached hydrogens (primary N) is 1. The number of rotatable bonds is 12. The highest BCUT2D eigenvalue weighted by Gasteiger charge is 2.21. The second-order valence-electron chi connectivity index (χ2n) is 9.19. The van der Waals surface area contributed by atoms with Crippen molar-refractivity contribution in [3.63, 3.8) is 0 Å². The average molecular weight is 445 g/mol. The fourth-order valence-electron chi connectivity index (χ4n) is 2.28. The van der Waals surface area contributed by atoms with E-state index in [1.807, 2.05) is 0 Å². The first-order valence-corrected chi connectivity index (χ1v) is 11.1. The Morgan fingerprint density at radius 1 is 0.742 bits per heavy atom. The topological polar surface area (TPSA) is 139 Å². The predicted molar refractivity (Wildman–Crippen MR) is 124 cm³/mol. The summed E-state index contributed by atoms with van der Waals surface area (Å²) in [5, 5.41) is 11.7. The Morgan fingerprint density at radius 3 is 1.58 bits per heavy atom. The molecule has 0 saturated heterocycles. The molecule has 0 aliphatic rings. The van der Waals surface area contributed by atoms with E-state index < -0.39 is 23.4 Å². The van der Waals surface area contributed by atoms with Gasteiger partial charge in [0.1, 0.15) is 11.2 Å². The van der Waals surface area contributed by atoms with Gasteiger partial charge < -0.3 is 25.8 Å². The molecule has 0 bridgehead atoms. The molecule has 2 amide bonds. The highest BCUT2D eigenvalue weighted by Crippen LogP contribution is 2.07. The van der Waals surface area contributed by atoms with Gasteiger partial charge in [-0.05, 0) is 99.9 Å². The molecule has 0 unspecified atom stereocenters. The summed E-state index contributed by atoms with van der Waals surface area (Å²) < 4.78 is 10.4. The Hall–Kier alpha value is -1.91. The molecule has 0 atom stereocenters. The maximum atomic E-state index is 12.0. The quantitative estimate of drug-likeness (QED) is 0.176. The van der Waals surface area contributed by atoms with Gasteiger partial charge in [0.2, 0.25) is 5.96 Å². The molecule has 10 nitrogen and oxygen atoms in total. The van der Waals surface area contributed by atoms with Crippen molar-refractivity contribution >= 4 is 18.1 Å². The second-order valence-corrected chi connectivity index (χ2v) is 9.19. The summed E-state index contributed by atoms with van der Waals surface area (Å²) in [4.78, 5) is 28.3. The smallest absolute Gasteiger partial charge is 0.414 e. The molecular formula is C21H44N6O4. The van der Waals surface area contributed by atoms with Gasteiger partial charge in [-0.3, -0.25) is 15.6 Å². The van der Waals surface area contributed by atoms with Crippen LogP contribution in [0.3, 0.4) is 0 Å². The molecule has 0 aromatic heterocycles. The van der Waals surface area contributed by atoms with Gasteiger partial charge in [0.05, 0.1) is 0 Å². The number of amides is 2. The van der Waals surface area contributed by atoms with Crippen LogP contribution in [0.15, 0.2) is 4.99 Å². The van der Waals surface area contributed by atoms with Crippen molar-refractivity contribution < 1.29 is 19.1 Å². The minimum absolute atomic E-state index is 0.00653. The first kappa shape index (κ1) is 29.1. The average Bonchev–Trinajstić information content (AvgIpc) is 2.59. The number of carbonyl (C=O) groups is 2. The summed E-state index contributed by atoms with van der Waals surface area (Å²) in [6.07, 6.45) is 2.57. The zero-order valence-corrected chi connectivity index (χ0v) is 20.2. The van der Waals surface area contributed by atoms with Gasteiger partial charge in [-0.15, -0.1) is 0 Å². The zero-order valence-electron chi connectivity index (χ0n) is 20.2. The van der Waals surface area contributed by atoms with Crippen molar-refractivity contribution in [3.8, 4) is 0 Å². The number of hydrogen-bond donors (Lipinski definition) is 5. The third-order valence-electron chi connectivity index (χ3n) is 3.54. The monoisotopic (exact) mass is 444 g/mol. The van der Waals surface area contributed by atoms with Gasteiger partial charge in [-0.2, -0.15) is 0 Å². The van der Waals surface area contributed by atoms with Crippen LogP contribution in [0, 0.1) is 0 Å². The third kappa shape index (κ3) is 21.1. The summed E-state index contributed by atoms with van der Waals surface area (Å²) in [5.74, 6) is 0.00653. The number of ether oxygens (including phenoxy) is 2. The lowest BCUT2D eigenvalue weighted by Crippen LogP contribution is -2.47. The van der Waals surface area contributed by atoms with Crippen LogP contribution >= 0.6 is 0 Å². The molecule has 0 fully saturated rings. The summed E-state index contributed by atoms with van der Waals surface area (Å²) >= 11 is 0. The summed E-state index contributed by atoms with van der Waals surface area (Å²) in [6, 6.07) is 0. The van der Waals surface area contributed by atoms with Crippen molar-refractivity contribution in [1.82, 2.24) is 21.3 Å². The second kappa shape index (κ2) is 15.8. The number of alkyl carbamates (subject to hydrolysis) is 2. The van der Waals surface area contributed by atoms with E-state index >= 15 is 0 Å². The van der Waals surface area contributed by atoms with E-state index in [0.717, 1.165) is 58.4 Å². The van der Waals surface area contributed by atoms with Gasteiger partial charge in [0, 0.05) is 6.54 Å². The lowest BCUT2D eigenvalue weighted by molar-refractivity contribution is 0.0545. The number of nitrogens with one attached hydrogen (secondary N) is 4. The van der Waals surface area contributed by atoms with Gasteiger partial charge in [0.15, 0.2) is 0 Å². The molecule has 31 heavy (non-hydrogen) atoms. The minimum Gasteiger partial charge on any atom is -0.444 e. The van der Waals surface area contributed by atoms with Crippen molar-refractivity contribution in [2.45, 2.75) is 78.4 Å². The van der Waals surface area contributed by atoms with E-state index in [1.54, 1.807) is 41.5 Å². The van der Waals surface area contributed by atoms with E-state index in [9.17, 15) is 9.59 Å². The third-order valence-corrected chi connectivity index (χ3v) is 3.54. The Labute approximate surface area is 187 Å². The number of unbranched alkanes of at least 4 members (excludes halogenated alkanes) is 1. The predicted octanol–water partition coefficient (Wildman–Crippen LogP) is 2.09. The maximum absolute atomic E-state index is 12.0. The molecule has 0 aromatic carbocycles. The fourth-order valence-corrected chi connectivity index (χ4v) is 2.28. The van der Waals surface area contributed by atoms with Crippen molar-refractivity contribution in [3.05, 3.63) is 0 Å². The molecule has 0 aliphatic carbocycles. The van der Waals surface area contributed by atoms with E-state index in [4.69, 9.17) is 15.2 Å². The van der Waals surface area contributed by atoms with Gasteiger partial charge in [-0.25, -0.2) is 9.59 Å². The van der Waals surface area contributed by atoms with Crippen LogP contribution in [0.2, 0.25) is 0 Å². The molecular weight excluding hydrogens is 400 g/mol. The number of hydrogen-bond acceptors (Lipinski definition) is 8. The Balaban J connectivity index is 4.31. The number of nitrogens with zero attached hydrogens (tertiary/aromatic N) is 1. The summed E-state index contributed by atoms with van der Waals surface area (Å²) in [7, 11) is 0. The molecule has 10 heteroatoms. The lowest BCUT2D eigenvalue weighted by Gasteiger charge is -2.22. The summed E-state index contributed by atoms with van der Waals surface area (Å²) in [6.45, 7) is 15.4. The standard InChI is InChI=1S/C21H44N6O4/c1-20(2,3)30-18(28)26-17(27-19(29)31-21(4,5)6)25-16-10-15-24-13-8-7-12-23-14-9-11-22/h23-24H,7-16,22H2,1-6H3,(H2,25,26,27,28,29). The molecule has 6 N–H and O–H groups in total. The van der Waals surface area contributed by atoms with Crippen LogP contribution in [-0.2, 0) is 9.47 Å². The fraction of sp³-hybridized carbons (Fsp3) is 0.857. The largest absolute Gasteiger partial charge is 0.444 e.